The molecule has 0 saturated carbocycles. The highest BCUT2D eigenvalue weighted by Crippen LogP contribution is 2.42. The van der Waals surface area contributed by atoms with Crippen LogP contribution in [0.4, 0.5) is 0 Å². The summed E-state index contributed by atoms with van der Waals surface area (Å²) in [4.78, 5) is 20.0. The number of carbonyl (C=O) groups excluding carboxylic acids is 1. The minimum absolute atomic E-state index is 0.0206. The Labute approximate surface area is 162 Å². The predicted octanol–water partition coefficient (Wildman–Crippen LogP) is 2.97. The summed E-state index contributed by atoms with van der Waals surface area (Å²) in [5.41, 5.74) is 0.601. The van der Waals surface area contributed by atoms with Crippen LogP contribution in [0.1, 0.15) is 26.7 Å². The number of hydroxylamine groups is 1. The number of benzene rings is 2. The van der Waals surface area contributed by atoms with Crippen molar-refractivity contribution in [2.24, 2.45) is 0 Å². The molecule has 2 N–H and O–H groups in total. The van der Waals surface area contributed by atoms with Crippen LogP contribution in [-0.2, 0) is 24.4 Å². The summed E-state index contributed by atoms with van der Waals surface area (Å²) in [6, 6.07) is 14.5. The van der Waals surface area contributed by atoms with Crippen LogP contribution in [0.2, 0.25) is 0 Å². The van der Waals surface area contributed by atoms with Crippen molar-refractivity contribution in [3.05, 3.63) is 54.6 Å². The third-order valence-electron chi connectivity index (χ3n) is 4.45. The summed E-state index contributed by atoms with van der Waals surface area (Å²) in [5.74, 6) is -0.794. The number of sulfone groups is 1. The quantitative estimate of drug-likeness (QED) is 0.445. The molecule has 1 aliphatic heterocycles. The van der Waals surface area contributed by atoms with Crippen molar-refractivity contribution in [3.8, 4) is 11.5 Å². The third-order valence-corrected chi connectivity index (χ3v) is 6.69. The van der Waals surface area contributed by atoms with Crippen molar-refractivity contribution in [1.29, 1.82) is 0 Å². The zero-order valence-corrected chi connectivity index (χ0v) is 16.2. The number of hydrogen-bond acceptors (Lipinski definition) is 7. The largest absolute Gasteiger partial charge is 0.456 e. The Morgan fingerprint density at radius 2 is 1.68 bits per heavy atom. The lowest BCUT2D eigenvalue weighted by atomic mass is 9.99. The highest BCUT2D eigenvalue weighted by Gasteiger charge is 2.58. The van der Waals surface area contributed by atoms with Crippen molar-refractivity contribution < 1.29 is 32.9 Å². The molecule has 3 rings (SSSR count). The minimum atomic E-state index is -4.48. The van der Waals surface area contributed by atoms with Crippen molar-refractivity contribution in [2.45, 2.75) is 42.1 Å². The first-order valence-electron chi connectivity index (χ1n) is 8.60. The summed E-state index contributed by atoms with van der Waals surface area (Å²) in [6.07, 6.45) is -0.00421. The van der Waals surface area contributed by atoms with Gasteiger partial charge in [0.05, 0.1) is 5.60 Å². The second-order valence-corrected chi connectivity index (χ2v) is 9.09. The lowest BCUT2D eigenvalue weighted by molar-refractivity contribution is -0.403. The van der Waals surface area contributed by atoms with Crippen LogP contribution >= 0.6 is 0 Å². The molecule has 0 radical (unpaired) electrons. The number of rotatable bonds is 5. The van der Waals surface area contributed by atoms with Gasteiger partial charge in [-0.3, -0.25) is 10.0 Å². The predicted molar refractivity (Wildman–Crippen MR) is 98.3 cm³/mol. The van der Waals surface area contributed by atoms with Crippen molar-refractivity contribution >= 4 is 15.7 Å². The fraction of sp³-hybridized carbons (Fsp3) is 0.316. The van der Waals surface area contributed by atoms with E-state index in [1.165, 1.54) is 23.7 Å². The van der Waals surface area contributed by atoms with E-state index < -0.39 is 26.3 Å². The highest BCUT2D eigenvalue weighted by molar-refractivity contribution is 7.93. The third kappa shape index (κ3) is 3.61. The van der Waals surface area contributed by atoms with Gasteiger partial charge in [-0.2, -0.15) is 0 Å². The summed E-state index contributed by atoms with van der Waals surface area (Å²) in [5, 5.41) is 9.17. The van der Waals surface area contributed by atoms with E-state index in [1.54, 1.807) is 50.2 Å². The Morgan fingerprint density at radius 1 is 1.04 bits per heavy atom. The molecule has 1 aliphatic rings. The highest BCUT2D eigenvalue weighted by atomic mass is 32.2. The average molecular weight is 407 g/mol. The summed E-state index contributed by atoms with van der Waals surface area (Å²) < 4.78 is 32.7. The van der Waals surface area contributed by atoms with Gasteiger partial charge < -0.3 is 4.74 Å². The molecule has 28 heavy (non-hydrogen) atoms. The molecule has 0 aromatic heterocycles. The molecular formula is C19H21NO7S. The van der Waals surface area contributed by atoms with Gasteiger partial charge >= 0.3 is 0 Å². The van der Waals surface area contributed by atoms with Gasteiger partial charge in [-0.25, -0.2) is 23.7 Å². The van der Waals surface area contributed by atoms with E-state index in [4.69, 9.17) is 19.7 Å². The summed E-state index contributed by atoms with van der Waals surface area (Å²) >= 11 is 0. The van der Waals surface area contributed by atoms with Crippen LogP contribution in [0, 0.1) is 0 Å². The molecule has 150 valence electrons. The maximum absolute atomic E-state index is 13.5. The van der Waals surface area contributed by atoms with E-state index >= 15 is 0 Å². The average Bonchev–Trinajstić information content (AvgIpc) is 2.68. The van der Waals surface area contributed by atoms with Crippen LogP contribution in [0.25, 0.3) is 0 Å². The molecule has 0 spiro atoms. The fourth-order valence-corrected chi connectivity index (χ4v) is 4.59. The standard InChI is InChI=1S/C19H21NO7S/c1-18(2)12-13-19(27-26-18,17(21)20-22)28(23,24)16-11-7-6-10-15(16)25-14-8-4-3-5-9-14/h3-11,22H,12-13H2,1-2H3,(H,20,21). The van der Waals surface area contributed by atoms with E-state index in [0.717, 1.165) is 0 Å². The molecule has 9 heteroatoms. The first-order chi connectivity index (χ1) is 13.2. The molecule has 1 amide bonds. The Bertz CT molecular complexity index is 947. The second-order valence-electron chi connectivity index (χ2n) is 6.99. The topological polar surface area (TPSA) is 111 Å². The lowest BCUT2D eigenvalue weighted by Gasteiger charge is -2.39. The van der Waals surface area contributed by atoms with Crippen molar-refractivity contribution in [1.82, 2.24) is 5.48 Å². The van der Waals surface area contributed by atoms with Gasteiger partial charge in [-0.15, -0.1) is 0 Å². The summed E-state index contributed by atoms with van der Waals surface area (Å²) in [7, 11) is -4.48. The van der Waals surface area contributed by atoms with Crippen LogP contribution in [0.3, 0.4) is 0 Å². The number of hydrogen-bond donors (Lipinski definition) is 2. The Hall–Kier alpha value is -2.46. The zero-order chi connectivity index (χ0) is 20.4. The van der Waals surface area contributed by atoms with E-state index in [9.17, 15) is 13.2 Å². The molecule has 1 saturated heterocycles. The van der Waals surface area contributed by atoms with Gasteiger partial charge in [0.25, 0.3) is 10.8 Å². The van der Waals surface area contributed by atoms with Crippen LogP contribution < -0.4 is 10.2 Å². The minimum Gasteiger partial charge on any atom is -0.456 e. The second kappa shape index (κ2) is 7.51. The summed E-state index contributed by atoms with van der Waals surface area (Å²) in [6.45, 7) is 3.40. The lowest BCUT2D eigenvalue weighted by Crippen LogP contribution is -2.58. The number of nitrogens with one attached hydrogen (secondary N) is 1. The normalized spacial score (nSPS) is 21.7. The molecule has 0 aliphatic carbocycles. The molecule has 1 heterocycles. The van der Waals surface area contributed by atoms with Crippen molar-refractivity contribution in [3.63, 3.8) is 0 Å². The van der Waals surface area contributed by atoms with Crippen LogP contribution in [-0.4, -0.2) is 30.1 Å². The number of ether oxygens (including phenoxy) is 1. The first-order valence-corrected chi connectivity index (χ1v) is 10.1. The maximum Gasteiger partial charge on any atom is 0.295 e. The van der Waals surface area contributed by atoms with Gasteiger partial charge in [0.15, 0.2) is 0 Å². The van der Waals surface area contributed by atoms with E-state index in [-0.39, 0.29) is 23.5 Å². The van der Waals surface area contributed by atoms with Gasteiger partial charge in [-0.1, -0.05) is 30.3 Å². The van der Waals surface area contributed by atoms with Crippen molar-refractivity contribution in [2.75, 3.05) is 0 Å². The fourth-order valence-electron chi connectivity index (χ4n) is 2.82. The SMILES string of the molecule is CC1(C)CCC(C(=O)NO)(S(=O)(=O)c2ccccc2Oc2ccccc2)OO1. The Balaban J connectivity index is 2.07. The number of amides is 1. The first kappa shape index (κ1) is 20.3. The molecule has 1 atom stereocenters. The molecule has 1 fully saturated rings. The maximum atomic E-state index is 13.5. The zero-order valence-electron chi connectivity index (χ0n) is 15.4. The molecule has 0 bridgehead atoms. The van der Waals surface area contributed by atoms with Gasteiger partial charge in [0.1, 0.15) is 16.4 Å². The van der Waals surface area contributed by atoms with E-state index in [1.807, 2.05) is 0 Å². The monoisotopic (exact) mass is 407 g/mol. The van der Waals surface area contributed by atoms with E-state index in [2.05, 4.69) is 0 Å². The Kier molecular flexibility index (Phi) is 5.44. The molecule has 8 nitrogen and oxygen atoms in total. The van der Waals surface area contributed by atoms with Gasteiger partial charge in [0.2, 0.25) is 9.84 Å². The Morgan fingerprint density at radius 3 is 2.29 bits per heavy atom. The van der Waals surface area contributed by atoms with E-state index in [0.29, 0.717) is 5.75 Å². The number of para-hydroxylation sites is 2. The van der Waals surface area contributed by atoms with Gasteiger partial charge in [0, 0.05) is 6.42 Å². The molecule has 2 aromatic rings. The van der Waals surface area contributed by atoms with Gasteiger partial charge in [-0.05, 0) is 44.5 Å². The van der Waals surface area contributed by atoms with Crippen LogP contribution in [0.5, 0.6) is 11.5 Å². The van der Waals surface area contributed by atoms with Crippen LogP contribution in [0.15, 0.2) is 59.5 Å². The smallest absolute Gasteiger partial charge is 0.295 e. The molecule has 2 aromatic carbocycles. The molecular weight excluding hydrogens is 386 g/mol. The number of carbonyl (C=O) groups is 1. The molecule has 1 unspecified atom stereocenters.